The molecule has 0 amide bonds. The molecule has 7 heteroatoms. The average Bonchev–Trinajstić information content (AvgIpc) is 2.06. The highest BCUT2D eigenvalue weighted by Gasteiger charge is 2.32. The Kier molecular flexibility index (Phi) is 2.87. The second-order valence-corrected chi connectivity index (χ2v) is 2.25. The minimum Gasteiger partial charge on any atom is -0.403 e. The fourth-order valence-electron chi connectivity index (χ4n) is 0.764. The minimum atomic E-state index is -5.00. The van der Waals surface area contributed by atoms with E-state index in [1.165, 1.54) is 0 Å². The van der Waals surface area contributed by atoms with Crippen LogP contribution in [-0.4, -0.2) is 11.3 Å². The van der Waals surface area contributed by atoms with E-state index < -0.39 is 30.3 Å². The van der Waals surface area contributed by atoms with Crippen molar-refractivity contribution in [1.29, 1.82) is 0 Å². The smallest absolute Gasteiger partial charge is 0.403 e. The third-order valence-electron chi connectivity index (χ3n) is 1.28. The number of aromatic nitrogens is 1. The Morgan fingerprint density at radius 3 is 2.50 bits per heavy atom. The van der Waals surface area contributed by atoms with E-state index >= 15 is 0 Å². The summed E-state index contributed by atoms with van der Waals surface area (Å²) in [5, 5.41) is 0. The number of ether oxygens (including phenoxy) is 1. The molecule has 1 heterocycles. The highest BCUT2D eigenvalue weighted by molar-refractivity contribution is 5.25. The van der Waals surface area contributed by atoms with Crippen LogP contribution in [-0.2, 0) is 6.67 Å². The zero-order chi connectivity index (χ0) is 10.8. The maximum atomic E-state index is 12.9. The van der Waals surface area contributed by atoms with Crippen molar-refractivity contribution in [1.82, 2.24) is 4.98 Å². The van der Waals surface area contributed by atoms with Crippen LogP contribution >= 0.6 is 0 Å². The Balaban J connectivity index is 2.98. The molecule has 1 rings (SSSR count). The van der Waals surface area contributed by atoms with Crippen molar-refractivity contribution < 1.29 is 26.7 Å². The topological polar surface area (TPSA) is 22.1 Å². The Labute approximate surface area is 75.3 Å². The van der Waals surface area contributed by atoms with E-state index in [1.807, 2.05) is 0 Å². The molecule has 0 unspecified atom stereocenters. The van der Waals surface area contributed by atoms with Gasteiger partial charge in [-0.2, -0.15) is 0 Å². The fourth-order valence-corrected chi connectivity index (χ4v) is 0.764. The predicted octanol–water partition coefficient (Wildman–Crippen LogP) is 2.59. The lowest BCUT2D eigenvalue weighted by molar-refractivity contribution is -0.275. The zero-order valence-electron chi connectivity index (χ0n) is 6.61. The van der Waals surface area contributed by atoms with Crippen molar-refractivity contribution in [3.8, 4) is 5.75 Å². The molecular formula is C7H4F5NO. The van der Waals surface area contributed by atoms with Crippen molar-refractivity contribution in [2.75, 3.05) is 0 Å². The first-order chi connectivity index (χ1) is 6.44. The van der Waals surface area contributed by atoms with Gasteiger partial charge in [-0.3, -0.25) is 4.98 Å². The number of alkyl halides is 4. The zero-order valence-corrected chi connectivity index (χ0v) is 6.61. The lowest BCUT2D eigenvalue weighted by atomic mass is 10.3. The van der Waals surface area contributed by atoms with Crippen LogP contribution in [0.4, 0.5) is 22.0 Å². The highest BCUT2D eigenvalue weighted by atomic mass is 19.4. The second kappa shape index (κ2) is 3.77. The molecular weight excluding hydrogens is 209 g/mol. The van der Waals surface area contributed by atoms with Crippen molar-refractivity contribution in [3.63, 3.8) is 0 Å². The molecule has 0 saturated heterocycles. The quantitative estimate of drug-likeness (QED) is 0.704. The molecule has 0 bridgehead atoms. The van der Waals surface area contributed by atoms with Crippen LogP contribution in [0.3, 0.4) is 0 Å². The van der Waals surface area contributed by atoms with E-state index in [0.29, 0.717) is 6.07 Å². The monoisotopic (exact) mass is 213 g/mol. The number of pyridine rings is 1. The van der Waals surface area contributed by atoms with E-state index in [1.54, 1.807) is 0 Å². The van der Waals surface area contributed by atoms with Gasteiger partial charge in [0, 0.05) is 12.3 Å². The van der Waals surface area contributed by atoms with Crippen molar-refractivity contribution in [2.45, 2.75) is 13.0 Å². The first-order valence-electron chi connectivity index (χ1n) is 3.39. The van der Waals surface area contributed by atoms with Crippen molar-refractivity contribution >= 4 is 0 Å². The lowest BCUT2D eigenvalue weighted by Crippen LogP contribution is -2.18. The van der Waals surface area contributed by atoms with E-state index in [9.17, 15) is 22.0 Å². The van der Waals surface area contributed by atoms with Gasteiger partial charge in [-0.05, 0) is 0 Å². The molecule has 2 nitrogen and oxygen atoms in total. The molecule has 0 fully saturated rings. The van der Waals surface area contributed by atoms with E-state index in [2.05, 4.69) is 9.72 Å². The average molecular weight is 213 g/mol. The minimum absolute atomic E-state index is 0.669. The summed E-state index contributed by atoms with van der Waals surface area (Å²) in [6, 6.07) is 0.669. The van der Waals surface area contributed by atoms with Crippen LogP contribution in [0, 0.1) is 5.82 Å². The number of rotatable bonds is 2. The molecule has 0 radical (unpaired) electrons. The SMILES string of the molecule is FCc1nccc(OC(F)(F)F)c1F. The molecule has 0 spiro atoms. The number of hydrogen-bond donors (Lipinski definition) is 0. The molecule has 0 aliphatic carbocycles. The fraction of sp³-hybridized carbons (Fsp3) is 0.286. The summed E-state index contributed by atoms with van der Waals surface area (Å²) in [6.07, 6.45) is -4.17. The number of nitrogens with zero attached hydrogens (tertiary/aromatic N) is 1. The van der Waals surface area contributed by atoms with Gasteiger partial charge in [-0.1, -0.05) is 0 Å². The highest BCUT2D eigenvalue weighted by Crippen LogP contribution is 2.26. The molecule has 78 valence electrons. The van der Waals surface area contributed by atoms with Crippen LogP contribution in [0.1, 0.15) is 5.69 Å². The van der Waals surface area contributed by atoms with Gasteiger partial charge in [-0.15, -0.1) is 13.2 Å². The van der Waals surface area contributed by atoms with Gasteiger partial charge in [0.25, 0.3) is 0 Å². The first kappa shape index (κ1) is 10.7. The number of hydrogen-bond acceptors (Lipinski definition) is 2. The van der Waals surface area contributed by atoms with Gasteiger partial charge in [0.1, 0.15) is 12.4 Å². The third-order valence-corrected chi connectivity index (χ3v) is 1.28. The van der Waals surface area contributed by atoms with Crippen molar-refractivity contribution in [3.05, 3.63) is 23.8 Å². The van der Waals surface area contributed by atoms with Gasteiger partial charge in [0.05, 0.1) is 0 Å². The van der Waals surface area contributed by atoms with Crippen LogP contribution < -0.4 is 4.74 Å². The van der Waals surface area contributed by atoms with Gasteiger partial charge >= 0.3 is 6.36 Å². The summed E-state index contributed by atoms with van der Waals surface area (Å²) >= 11 is 0. The summed E-state index contributed by atoms with van der Waals surface area (Å²) in [5.41, 5.74) is -0.716. The van der Waals surface area contributed by atoms with E-state index in [0.717, 1.165) is 6.20 Å². The van der Waals surface area contributed by atoms with Crippen LogP contribution in [0.2, 0.25) is 0 Å². The van der Waals surface area contributed by atoms with Crippen LogP contribution in [0.5, 0.6) is 5.75 Å². The molecule has 14 heavy (non-hydrogen) atoms. The third kappa shape index (κ3) is 2.54. The van der Waals surface area contributed by atoms with Gasteiger partial charge in [0.2, 0.25) is 0 Å². The molecule has 0 atom stereocenters. The molecule has 0 aliphatic rings. The Morgan fingerprint density at radius 1 is 1.36 bits per heavy atom. The number of halogens is 5. The summed E-state index contributed by atoms with van der Waals surface area (Å²) < 4.78 is 63.1. The van der Waals surface area contributed by atoms with E-state index in [4.69, 9.17) is 0 Å². The molecule has 0 saturated carbocycles. The Hall–Kier alpha value is -1.40. The van der Waals surface area contributed by atoms with Gasteiger partial charge < -0.3 is 4.74 Å². The van der Waals surface area contributed by atoms with Gasteiger partial charge in [-0.25, -0.2) is 8.78 Å². The standard InChI is InChI=1S/C7H4F5NO/c8-3-4-6(9)5(1-2-13-4)14-7(10,11)12/h1-2H,3H2. The lowest BCUT2D eigenvalue weighted by Gasteiger charge is -2.09. The van der Waals surface area contributed by atoms with E-state index in [-0.39, 0.29) is 0 Å². The summed E-state index contributed by atoms with van der Waals surface area (Å²) in [5.74, 6) is -2.52. The normalized spacial score (nSPS) is 11.5. The first-order valence-corrected chi connectivity index (χ1v) is 3.39. The largest absolute Gasteiger partial charge is 0.573 e. The second-order valence-electron chi connectivity index (χ2n) is 2.25. The Morgan fingerprint density at radius 2 is 2.00 bits per heavy atom. The predicted molar refractivity (Wildman–Crippen MR) is 35.7 cm³/mol. The molecule has 0 aromatic carbocycles. The summed E-state index contributed by atoms with van der Waals surface area (Å²) in [4.78, 5) is 3.19. The summed E-state index contributed by atoms with van der Waals surface area (Å²) in [7, 11) is 0. The summed E-state index contributed by atoms with van der Waals surface area (Å²) in [6.45, 7) is -1.29. The maximum absolute atomic E-state index is 12.9. The van der Waals surface area contributed by atoms with Crippen LogP contribution in [0.25, 0.3) is 0 Å². The Bertz CT molecular complexity index is 324. The van der Waals surface area contributed by atoms with Gasteiger partial charge in [0.15, 0.2) is 11.6 Å². The maximum Gasteiger partial charge on any atom is 0.573 e. The molecule has 1 aromatic rings. The molecule has 0 N–H and O–H groups in total. The van der Waals surface area contributed by atoms with Crippen molar-refractivity contribution in [2.24, 2.45) is 0 Å². The van der Waals surface area contributed by atoms with Crippen LogP contribution in [0.15, 0.2) is 12.3 Å². The molecule has 1 aromatic heterocycles. The molecule has 0 aliphatic heterocycles.